The zero-order valence-electron chi connectivity index (χ0n) is 10.7. The molecule has 0 unspecified atom stereocenters. The molecule has 0 saturated heterocycles. The highest BCUT2D eigenvalue weighted by molar-refractivity contribution is 7.91. The van der Waals surface area contributed by atoms with Crippen molar-refractivity contribution in [3.63, 3.8) is 0 Å². The third kappa shape index (κ3) is 5.68. The molecule has 0 atom stereocenters. The average Bonchev–Trinajstić information content (AvgIpc) is 2.25. The highest BCUT2D eigenvalue weighted by Crippen LogP contribution is 2.14. The smallest absolute Gasteiger partial charge is 0.279 e. The number of hydrogen-bond donors (Lipinski definition) is 2. The first-order chi connectivity index (χ1) is 8.60. The fourth-order valence-electron chi connectivity index (χ4n) is 1.55. The van der Waals surface area contributed by atoms with Gasteiger partial charge in [0.1, 0.15) is 5.88 Å². The lowest BCUT2D eigenvalue weighted by atomic mass is 10.0. The Morgan fingerprint density at radius 1 is 1.21 bits per heavy atom. The molecule has 6 nitrogen and oxygen atoms in total. The van der Waals surface area contributed by atoms with Gasteiger partial charge in [0.2, 0.25) is 10.0 Å². The number of benzene rings is 1. The molecule has 1 rings (SSSR count). The first kappa shape index (κ1) is 16.1. The lowest BCUT2D eigenvalue weighted by Crippen LogP contribution is -2.29. The largest absolute Gasteiger partial charge is 0.285 e. The molecule has 1 aromatic carbocycles. The molecule has 0 aromatic heterocycles. The van der Waals surface area contributed by atoms with Crippen molar-refractivity contribution >= 4 is 20.1 Å². The molecule has 19 heavy (non-hydrogen) atoms. The molecule has 2 N–H and O–H groups in total. The molecule has 108 valence electrons. The quantitative estimate of drug-likeness (QED) is 0.764. The van der Waals surface area contributed by atoms with Crippen LogP contribution < -0.4 is 4.72 Å². The molecular formula is C11H17NO5S2. The van der Waals surface area contributed by atoms with Crippen LogP contribution in [0.15, 0.2) is 29.2 Å². The van der Waals surface area contributed by atoms with Crippen molar-refractivity contribution in [2.45, 2.75) is 25.2 Å². The van der Waals surface area contributed by atoms with Gasteiger partial charge in [0.15, 0.2) is 0 Å². The van der Waals surface area contributed by atoms with E-state index < -0.39 is 26.0 Å². The summed E-state index contributed by atoms with van der Waals surface area (Å²) in [6.45, 7) is 4.02. The topological polar surface area (TPSA) is 101 Å². The predicted molar refractivity (Wildman–Crippen MR) is 71.7 cm³/mol. The third-order valence-corrected chi connectivity index (χ3v) is 4.37. The number of nitrogens with one attached hydrogen (secondary N) is 1. The van der Waals surface area contributed by atoms with Gasteiger partial charge in [-0.2, -0.15) is 13.1 Å². The summed E-state index contributed by atoms with van der Waals surface area (Å²) in [6, 6.07) is 6.27. The van der Waals surface area contributed by atoms with E-state index in [2.05, 4.69) is 0 Å². The van der Waals surface area contributed by atoms with Crippen LogP contribution in [0.3, 0.4) is 0 Å². The van der Waals surface area contributed by atoms with E-state index in [0.29, 0.717) is 5.92 Å². The van der Waals surface area contributed by atoms with Crippen LogP contribution in [-0.2, 0) is 26.6 Å². The van der Waals surface area contributed by atoms with Gasteiger partial charge in [-0.15, -0.1) is 0 Å². The van der Waals surface area contributed by atoms with E-state index in [1.165, 1.54) is 12.1 Å². The molecule has 0 radical (unpaired) electrons. The van der Waals surface area contributed by atoms with Gasteiger partial charge in [0, 0.05) is 0 Å². The van der Waals surface area contributed by atoms with Gasteiger partial charge in [0.25, 0.3) is 10.1 Å². The Balaban J connectivity index is 2.95. The number of rotatable bonds is 6. The van der Waals surface area contributed by atoms with Crippen molar-refractivity contribution in [3.8, 4) is 0 Å². The minimum atomic E-state index is -4.38. The van der Waals surface area contributed by atoms with Crippen LogP contribution in [0.2, 0.25) is 0 Å². The van der Waals surface area contributed by atoms with Crippen LogP contribution >= 0.6 is 0 Å². The van der Waals surface area contributed by atoms with Crippen molar-refractivity contribution in [2.24, 2.45) is 5.92 Å². The van der Waals surface area contributed by atoms with Crippen molar-refractivity contribution in [2.75, 3.05) is 5.88 Å². The van der Waals surface area contributed by atoms with Gasteiger partial charge in [0.05, 0.1) is 4.90 Å². The Labute approximate surface area is 113 Å². The average molecular weight is 307 g/mol. The maximum Gasteiger partial charge on any atom is 0.279 e. The molecule has 0 heterocycles. The van der Waals surface area contributed by atoms with Gasteiger partial charge in [-0.3, -0.25) is 4.55 Å². The highest BCUT2D eigenvalue weighted by Gasteiger charge is 2.17. The molecule has 0 aliphatic heterocycles. The minimum Gasteiger partial charge on any atom is -0.285 e. The summed E-state index contributed by atoms with van der Waals surface area (Å²) in [7, 11) is -8.33. The van der Waals surface area contributed by atoms with Crippen molar-refractivity contribution < 1.29 is 21.4 Å². The van der Waals surface area contributed by atoms with Gasteiger partial charge in [-0.05, 0) is 30.0 Å². The Bertz CT molecular complexity index is 635. The van der Waals surface area contributed by atoms with Gasteiger partial charge >= 0.3 is 0 Å². The standard InChI is InChI=1S/C11H17NO5S2/c1-9(2)6-10-4-3-5-11(7-10)19(16,17)12-8-18(13,14)15/h3-5,7,9,12H,6,8H2,1-2H3,(H,13,14,15). The first-order valence-electron chi connectivity index (χ1n) is 5.64. The Morgan fingerprint density at radius 3 is 2.37 bits per heavy atom. The van der Waals surface area contributed by atoms with E-state index in [0.717, 1.165) is 12.0 Å². The SMILES string of the molecule is CC(C)Cc1cccc(S(=O)(=O)NCS(=O)(=O)O)c1. The number of hydrogen-bond acceptors (Lipinski definition) is 4. The highest BCUT2D eigenvalue weighted by atomic mass is 32.2. The summed E-state index contributed by atoms with van der Waals surface area (Å²) in [5.41, 5.74) is 0.852. The van der Waals surface area contributed by atoms with Crippen LogP contribution in [0.5, 0.6) is 0 Å². The Kier molecular flexibility index (Phi) is 5.08. The van der Waals surface area contributed by atoms with Crippen LogP contribution in [0.1, 0.15) is 19.4 Å². The lowest BCUT2D eigenvalue weighted by molar-refractivity contribution is 0.480. The van der Waals surface area contributed by atoms with E-state index in [4.69, 9.17) is 4.55 Å². The molecule has 1 aromatic rings. The maximum absolute atomic E-state index is 11.8. The molecule has 0 aliphatic rings. The second-order valence-electron chi connectivity index (χ2n) is 4.62. The van der Waals surface area contributed by atoms with E-state index in [1.54, 1.807) is 6.07 Å². The summed E-state index contributed by atoms with van der Waals surface area (Å²) in [6.07, 6.45) is 0.724. The van der Waals surface area contributed by atoms with Gasteiger partial charge < -0.3 is 0 Å². The predicted octanol–water partition coefficient (Wildman–Crippen LogP) is 1.01. The first-order valence-corrected chi connectivity index (χ1v) is 8.73. The summed E-state index contributed by atoms with van der Waals surface area (Å²) >= 11 is 0. The molecule has 0 bridgehead atoms. The second-order valence-corrected chi connectivity index (χ2v) is 7.84. The molecule has 0 saturated carbocycles. The van der Waals surface area contributed by atoms with E-state index in [1.807, 2.05) is 24.6 Å². The summed E-state index contributed by atoms with van der Waals surface area (Å²) in [5, 5.41) is 0. The molecule has 8 heteroatoms. The van der Waals surface area contributed by atoms with Gasteiger partial charge in [-0.25, -0.2) is 8.42 Å². The molecule has 0 spiro atoms. The molecule has 0 fully saturated rings. The van der Waals surface area contributed by atoms with Crippen LogP contribution in [-0.4, -0.2) is 27.3 Å². The van der Waals surface area contributed by atoms with Crippen molar-refractivity contribution in [1.29, 1.82) is 0 Å². The zero-order chi connectivity index (χ0) is 14.7. The summed E-state index contributed by atoms with van der Waals surface area (Å²) in [4.78, 5) is -0.0192. The zero-order valence-corrected chi connectivity index (χ0v) is 12.3. The monoisotopic (exact) mass is 307 g/mol. The fraction of sp³-hybridized carbons (Fsp3) is 0.455. The minimum absolute atomic E-state index is 0.0192. The van der Waals surface area contributed by atoms with Crippen molar-refractivity contribution in [3.05, 3.63) is 29.8 Å². The van der Waals surface area contributed by atoms with Crippen molar-refractivity contribution in [1.82, 2.24) is 4.72 Å². The molecule has 0 aliphatic carbocycles. The second kappa shape index (κ2) is 6.00. The fourth-order valence-corrected chi connectivity index (χ4v) is 3.49. The van der Waals surface area contributed by atoms with Crippen LogP contribution in [0.25, 0.3) is 0 Å². The lowest BCUT2D eigenvalue weighted by Gasteiger charge is -2.08. The van der Waals surface area contributed by atoms with Crippen LogP contribution in [0, 0.1) is 5.92 Å². The Hall–Kier alpha value is -0.960. The summed E-state index contributed by atoms with van der Waals surface area (Å²) in [5.74, 6) is -0.659. The maximum atomic E-state index is 11.8. The van der Waals surface area contributed by atoms with Gasteiger partial charge in [-0.1, -0.05) is 26.0 Å². The van der Waals surface area contributed by atoms with E-state index >= 15 is 0 Å². The third-order valence-electron chi connectivity index (χ3n) is 2.28. The molecule has 0 amide bonds. The van der Waals surface area contributed by atoms with Crippen LogP contribution in [0.4, 0.5) is 0 Å². The molecular weight excluding hydrogens is 290 g/mol. The number of sulfonamides is 1. The normalized spacial score (nSPS) is 12.8. The van der Waals surface area contributed by atoms with E-state index in [-0.39, 0.29) is 4.90 Å². The summed E-state index contributed by atoms with van der Waals surface area (Å²) < 4.78 is 55.1. The van der Waals surface area contributed by atoms with E-state index in [9.17, 15) is 16.8 Å². The Morgan fingerprint density at radius 2 is 1.84 bits per heavy atom.